The Kier molecular flexibility index (Phi) is 2.99. The Bertz CT molecular complexity index is 487. The summed E-state index contributed by atoms with van der Waals surface area (Å²) in [7, 11) is 7.79. The first kappa shape index (κ1) is 11.4. The summed E-state index contributed by atoms with van der Waals surface area (Å²) in [5.74, 6) is 1.53. The van der Waals surface area contributed by atoms with E-state index in [9.17, 15) is 0 Å². The minimum absolute atomic E-state index is 0.706. The molecular formula is C12H17N5. The van der Waals surface area contributed by atoms with Crippen LogP contribution in [-0.2, 0) is 0 Å². The van der Waals surface area contributed by atoms with E-state index in [1.807, 2.05) is 73.0 Å². The highest BCUT2D eigenvalue weighted by Crippen LogP contribution is 2.18. The molecule has 5 nitrogen and oxygen atoms in total. The van der Waals surface area contributed by atoms with E-state index in [2.05, 4.69) is 10.1 Å². The number of hydrogen-bond donors (Lipinski definition) is 0. The van der Waals surface area contributed by atoms with Crippen LogP contribution in [0.2, 0.25) is 0 Å². The van der Waals surface area contributed by atoms with Gasteiger partial charge in [0.1, 0.15) is 0 Å². The van der Waals surface area contributed by atoms with Crippen LogP contribution in [0.1, 0.15) is 0 Å². The number of hydrogen-bond acceptors (Lipinski definition) is 4. The summed E-state index contributed by atoms with van der Waals surface area (Å²) >= 11 is 0. The van der Waals surface area contributed by atoms with Crippen molar-refractivity contribution in [1.29, 1.82) is 0 Å². The van der Waals surface area contributed by atoms with Crippen LogP contribution in [0.5, 0.6) is 0 Å². The van der Waals surface area contributed by atoms with Crippen molar-refractivity contribution < 1.29 is 0 Å². The van der Waals surface area contributed by atoms with Crippen molar-refractivity contribution >= 4 is 11.9 Å². The fourth-order valence-electron chi connectivity index (χ4n) is 1.51. The molecule has 0 fully saturated rings. The Morgan fingerprint density at radius 3 is 2.12 bits per heavy atom. The van der Waals surface area contributed by atoms with E-state index in [4.69, 9.17) is 0 Å². The van der Waals surface area contributed by atoms with Crippen molar-refractivity contribution in [3.63, 3.8) is 0 Å². The van der Waals surface area contributed by atoms with E-state index in [0.717, 1.165) is 11.6 Å². The van der Waals surface area contributed by atoms with Gasteiger partial charge < -0.3 is 9.80 Å². The fourth-order valence-corrected chi connectivity index (χ4v) is 1.51. The van der Waals surface area contributed by atoms with Gasteiger partial charge in [-0.2, -0.15) is 9.67 Å². The summed E-state index contributed by atoms with van der Waals surface area (Å²) in [6, 6.07) is 10.0. The molecule has 0 N–H and O–H groups in total. The van der Waals surface area contributed by atoms with Crippen LogP contribution >= 0.6 is 0 Å². The number of anilines is 2. The molecule has 1 aromatic heterocycles. The first-order chi connectivity index (χ1) is 8.09. The lowest BCUT2D eigenvalue weighted by Gasteiger charge is -2.11. The van der Waals surface area contributed by atoms with Gasteiger partial charge in [-0.15, -0.1) is 5.10 Å². The molecule has 0 aliphatic rings. The average Bonchev–Trinajstić information content (AvgIpc) is 2.75. The Balaban J connectivity index is 2.52. The normalized spacial score (nSPS) is 10.4. The van der Waals surface area contributed by atoms with E-state index in [1.165, 1.54) is 0 Å². The SMILES string of the molecule is CN(C)c1nc(N(C)C)n(-c2ccccc2)n1. The second kappa shape index (κ2) is 4.45. The first-order valence-electron chi connectivity index (χ1n) is 5.46. The number of nitrogens with zero attached hydrogens (tertiary/aromatic N) is 5. The Morgan fingerprint density at radius 1 is 0.941 bits per heavy atom. The summed E-state index contributed by atoms with van der Waals surface area (Å²) in [6.45, 7) is 0. The molecule has 1 aromatic carbocycles. The van der Waals surface area contributed by atoms with Gasteiger partial charge in [0.2, 0.25) is 11.9 Å². The van der Waals surface area contributed by atoms with Crippen LogP contribution in [0.25, 0.3) is 5.69 Å². The summed E-state index contributed by atoms with van der Waals surface area (Å²) in [6.07, 6.45) is 0. The Labute approximate surface area is 101 Å². The third-order valence-electron chi connectivity index (χ3n) is 2.38. The molecule has 0 spiro atoms. The number of para-hydroxylation sites is 1. The van der Waals surface area contributed by atoms with Crippen molar-refractivity contribution in [3.05, 3.63) is 30.3 Å². The molecule has 0 bridgehead atoms. The van der Waals surface area contributed by atoms with Gasteiger partial charge in [-0.05, 0) is 12.1 Å². The number of aromatic nitrogens is 3. The van der Waals surface area contributed by atoms with E-state index in [0.29, 0.717) is 5.95 Å². The average molecular weight is 231 g/mol. The maximum Gasteiger partial charge on any atom is 0.246 e. The summed E-state index contributed by atoms with van der Waals surface area (Å²) in [5.41, 5.74) is 1.01. The van der Waals surface area contributed by atoms with Crippen LogP contribution in [0.3, 0.4) is 0 Å². The standard InChI is InChI=1S/C12H17N5/c1-15(2)11-13-12(16(3)4)17(14-11)10-8-6-5-7-9-10/h5-9H,1-4H3. The largest absolute Gasteiger partial charge is 0.347 e. The van der Waals surface area contributed by atoms with Crippen LogP contribution in [-0.4, -0.2) is 43.0 Å². The lowest BCUT2D eigenvalue weighted by Crippen LogP contribution is -2.15. The molecule has 1 heterocycles. The van der Waals surface area contributed by atoms with Crippen LogP contribution in [0.4, 0.5) is 11.9 Å². The van der Waals surface area contributed by atoms with Crippen LogP contribution in [0.15, 0.2) is 30.3 Å². The van der Waals surface area contributed by atoms with Gasteiger partial charge in [0.05, 0.1) is 5.69 Å². The summed E-state index contributed by atoms with van der Waals surface area (Å²) in [5, 5.41) is 4.49. The zero-order valence-electron chi connectivity index (χ0n) is 10.6. The Hall–Kier alpha value is -2.04. The molecule has 90 valence electrons. The number of rotatable bonds is 3. The van der Waals surface area contributed by atoms with Crippen LogP contribution in [0, 0.1) is 0 Å². The highest BCUT2D eigenvalue weighted by Gasteiger charge is 2.13. The summed E-state index contributed by atoms with van der Waals surface area (Å²) < 4.78 is 1.84. The molecule has 0 amide bonds. The third-order valence-corrected chi connectivity index (χ3v) is 2.38. The van der Waals surface area contributed by atoms with Crippen molar-refractivity contribution in [1.82, 2.24) is 14.8 Å². The van der Waals surface area contributed by atoms with Crippen molar-refractivity contribution in [2.24, 2.45) is 0 Å². The molecule has 0 saturated carbocycles. The molecule has 0 aliphatic heterocycles. The minimum atomic E-state index is 0.706. The zero-order chi connectivity index (χ0) is 12.4. The fraction of sp³-hybridized carbons (Fsp3) is 0.333. The lowest BCUT2D eigenvalue weighted by atomic mass is 10.3. The molecule has 17 heavy (non-hydrogen) atoms. The van der Waals surface area contributed by atoms with Gasteiger partial charge in [0.25, 0.3) is 0 Å². The minimum Gasteiger partial charge on any atom is -0.347 e. The monoisotopic (exact) mass is 231 g/mol. The zero-order valence-corrected chi connectivity index (χ0v) is 10.6. The second-order valence-corrected chi connectivity index (χ2v) is 4.25. The predicted octanol–water partition coefficient (Wildman–Crippen LogP) is 1.40. The second-order valence-electron chi connectivity index (χ2n) is 4.25. The highest BCUT2D eigenvalue weighted by molar-refractivity contribution is 5.45. The van der Waals surface area contributed by atoms with Gasteiger partial charge in [-0.3, -0.25) is 0 Å². The van der Waals surface area contributed by atoms with Gasteiger partial charge in [-0.1, -0.05) is 18.2 Å². The van der Waals surface area contributed by atoms with E-state index in [1.54, 1.807) is 0 Å². The quantitative estimate of drug-likeness (QED) is 0.800. The number of benzene rings is 1. The molecule has 0 atom stereocenters. The van der Waals surface area contributed by atoms with Gasteiger partial charge in [0.15, 0.2) is 0 Å². The Morgan fingerprint density at radius 2 is 1.59 bits per heavy atom. The topological polar surface area (TPSA) is 37.2 Å². The summed E-state index contributed by atoms with van der Waals surface area (Å²) in [4.78, 5) is 8.34. The maximum atomic E-state index is 4.49. The van der Waals surface area contributed by atoms with Crippen molar-refractivity contribution in [3.8, 4) is 5.69 Å². The molecule has 0 unspecified atom stereocenters. The van der Waals surface area contributed by atoms with Crippen molar-refractivity contribution in [2.45, 2.75) is 0 Å². The van der Waals surface area contributed by atoms with Crippen LogP contribution < -0.4 is 9.80 Å². The van der Waals surface area contributed by atoms with Gasteiger partial charge in [-0.25, -0.2) is 0 Å². The van der Waals surface area contributed by atoms with E-state index < -0.39 is 0 Å². The molecule has 5 heteroatoms. The molecule has 2 aromatic rings. The molecule has 0 saturated heterocycles. The predicted molar refractivity (Wildman–Crippen MR) is 70.0 cm³/mol. The third kappa shape index (κ3) is 2.22. The van der Waals surface area contributed by atoms with E-state index >= 15 is 0 Å². The highest BCUT2D eigenvalue weighted by atomic mass is 15.5. The van der Waals surface area contributed by atoms with E-state index in [-0.39, 0.29) is 0 Å². The molecular weight excluding hydrogens is 214 g/mol. The molecule has 0 radical (unpaired) electrons. The lowest BCUT2D eigenvalue weighted by molar-refractivity contribution is 0.843. The van der Waals surface area contributed by atoms with Crippen molar-refractivity contribution in [2.75, 3.05) is 38.0 Å². The molecule has 0 aliphatic carbocycles. The van der Waals surface area contributed by atoms with Gasteiger partial charge >= 0.3 is 0 Å². The van der Waals surface area contributed by atoms with Gasteiger partial charge in [0, 0.05) is 28.2 Å². The molecule has 2 rings (SSSR count). The smallest absolute Gasteiger partial charge is 0.246 e. The maximum absolute atomic E-state index is 4.49. The first-order valence-corrected chi connectivity index (χ1v) is 5.46.